The number of aliphatic hydroxyl groups excluding tert-OH is 1. The van der Waals surface area contributed by atoms with Crippen LogP contribution in [0.3, 0.4) is 0 Å². The molecule has 54 heavy (non-hydrogen) atoms. The smallest absolute Gasteiger partial charge is 0.385 e. The molecular formula is C40H59N5O7PS+. The summed E-state index contributed by atoms with van der Waals surface area (Å²) in [5.74, 6) is 0.201. The number of nitrogens with zero attached hydrogens (tertiary/aromatic N) is 4. The average Bonchev–Trinajstić information content (AvgIpc) is 3.42. The first kappa shape index (κ1) is 42.5. The Labute approximate surface area is 326 Å². The van der Waals surface area contributed by atoms with E-state index < -0.39 is 42.8 Å². The largest absolute Gasteiger partial charge is 0.522 e. The molecule has 0 bridgehead atoms. The van der Waals surface area contributed by atoms with Crippen molar-refractivity contribution in [2.75, 3.05) is 25.6 Å². The van der Waals surface area contributed by atoms with Crippen molar-refractivity contribution in [1.29, 1.82) is 5.26 Å². The van der Waals surface area contributed by atoms with E-state index in [0.29, 0.717) is 25.3 Å². The van der Waals surface area contributed by atoms with E-state index >= 15 is 0 Å². The Kier molecular flexibility index (Phi) is 17.0. The van der Waals surface area contributed by atoms with Crippen molar-refractivity contribution in [2.24, 2.45) is 0 Å². The van der Waals surface area contributed by atoms with Crippen LogP contribution in [0.4, 0.5) is 5.82 Å². The normalized spacial score (nSPS) is 24.0. The predicted molar refractivity (Wildman–Crippen MR) is 211 cm³/mol. The lowest BCUT2D eigenvalue weighted by Crippen LogP contribution is -2.47. The maximum absolute atomic E-state index is 11.4. The molecule has 4 N–H and O–H groups in total. The molecule has 12 nitrogen and oxygen atoms in total. The fourth-order valence-electron chi connectivity index (χ4n) is 7.27. The maximum Gasteiger partial charge on any atom is 0.522 e. The molecule has 2 aliphatic rings. The molecule has 1 saturated heterocycles. The van der Waals surface area contributed by atoms with Crippen LogP contribution in [0.1, 0.15) is 121 Å². The lowest BCUT2D eigenvalue weighted by atomic mass is 9.90. The topological polar surface area (TPSA) is 167 Å². The summed E-state index contributed by atoms with van der Waals surface area (Å²) >= 11 is 5.50. The summed E-state index contributed by atoms with van der Waals surface area (Å²) < 4.78 is 31.3. The minimum atomic E-state index is -1.91. The van der Waals surface area contributed by atoms with Gasteiger partial charge in [-0.3, -0.25) is 0 Å². The number of nitrogens with two attached hydrogens (primary N) is 1. The summed E-state index contributed by atoms with van der Waals surface area (Å²) in [6.45, 7) is 3.77. The molecule has 0 amide bonds. The molecule has 1 saturated carbocycles. The lowest BCUT2D eigenvalue weighted by molar-refractivity contribution is -0.102. The number of rotatable bonds is 28. The second-order valence-corrected chi connectivity index (χ2v) is 16.5. The number of aliphatic hydroxyl groups is 2. The number of nitrogen functional groups attached to an aromatic ring is 1. The third kappa shape index (κ3) is 11.0. The van der Waals surface area contributed by atoms with Crippen LogP contribution in [0.15, 0.2) is 48.8 Å². The molecule has 3 aromatic rings. The van der Waals surface area contributed by atoms with Gasteiger partial charge < -0.3 is 30.2 Å². The Bertz CT molecular complexity index is 1630. The van der Waals surface area contributed by atoms with E-state index in [2.05, 4.69) is 17.0 Å². The SMILES string of the molecule is CCCCCCCCCCCCCCCCCCOC[C@H](CO[P+](=S)OC1[C@H]2O[C@@](C#N)(c3ccc4c(N)ncnn34)[C@H](O)[C@@]12O)OCc1ccccc1. The molecule has 0 radical (unpaired) electrons. The number of ether oxygens (including phenoxy) is 3. The van der Waals surface area contributed by atoms with E-state index in [1.165, 1.54) is 101 Å². The summed E-state index contributed by atoms with van der Waals surface area (Å²) in [6.07, 6.45) is 18.4. The summed E-state index contributed by atoms with van der Waals surface area (Å²) in [4.78, 5) is 3.96. The van der Waals surface area contributed by atoms with E-state index in [-0.39, 0.29) is 18.1 Å². The van der Waals surface area contributed by atoms with E-state index in [1.54, 1.807) is 12.1 Å². The minimum Gasteiger partial charge on any atom is -0.385 e. The molecule has 2 unspecified atom stereocenters. The highest BCUT2D eigenvalue weighted by atomic mass is 32.4. The molecule has 1 aromatic carbocycles. The lowest BCUT2D eigenvalue weighted by Gasteiger charge is -2.28. The van der Waals surface area contributed by atoms with Gasteiger partial charge in [0.2, 0.25) is 17.4 Å². The monoisotopic (exact) mass is 784 g/mol. The van der Waals surface area contributed by atoms with Gasteiger partial charge >= 0.3 is 7.15 Å². The average molecular weight is 785 g/mol. The second kappa shape index (κ2) is 21.6. The van der Waals surface area contributed by atoms with Crippen LogP contribution >= 0.6 is 7.15 Å². The van der Waals surface area contributed by atoms with E-state index in [1.807, 2.05) is 36.4 Å². The number of hydrogen-bond acceptors (Lipinski definition) is 12. The number of nitriles is 1. The molecule has 296 valence electrons. The fourth-order valence-corrected chi connectivity index (χ4v) is 8.55. The molecule has 2 fully saturated rings. The quantitative estimate of drug-likeness (QED) is 0.0489. The van der Waals surface area contributed by atoms with Crippen LogP contribution < -0.4 is 5.73 Å². The van der Waals surface area contributed by atoms with Gasteiger partial charge in [0, 0.05) is 6.61 Å². The molecule has 0 spiro atoms. The molecular weight excluding hydrogens is 726 g/mol. The van der Waals surface area contributed by atoms with Crippen molar-refractivity contribution in [3.05, 3.63) is 60.0 Å². The van der Waals surface area contributed by atoms with Crippen LogP contribution in [0.25, 0.3) is 5.52 Å². The van der Waals surface area contributed by atoms with Crippen LogP contribution in [0.5, 0.6) is 0 Å². The molecule has 14 heteroatoms. The van der Waals surface area contributed by atoms with Crippen molar-refractivity contribution < 1.29 is 33.5 Å². The Morgan fingerprint density at radius 2 is 1.57 bits per heavy atom. The summed E-state index contributed by atoms with van der Waals surface area (Å²) in [5.41, 5.74) is 3.87. The molecule has 7 atom stereocenters. The zero-order valence-electron chi connectivity index (χ0n) is 31.7. The highest BCUT2D eigenvalue weighted by molar-refractivity contribution is 8.00. The van der Waals surface area contributed by atoms with Gasteiger partial charge in [-0.05, 0) is 24.1 Å². The zero-order chi connectivity index (χ0) is 38.2. The number of fused-ring (bicyclic) bond motifs is 2. The second-order valence-electron chi connectivity index (χ2n) is 14.7. The molecule has 1 aliphatic heterocycles. The first-order valence-corrected chi connectivity index (χ1v) is 22.1. The standard InChI is InChI=1S/C40H59N5O7PS/c1-2-3-4-5-6-7-8-9-10-11-12-13-14-15-16-20-25-48-27-32(49-26-31-21-18-17-19-22-31)28-50-53(54)52-36-35-40(36,47)38(46)39(29-41,51-35)34-24-23-33-37(42)43-30-44-45(33)34/h17-19,21-24,30,32,35-36,38,46-47H,2-16,20,25-28H2,1H3,(H2,42,43,44)/q+1/t32-,35-,36?,38+,39+,40+/m1/s1. The van der Waals surface area contributed by atoms with Crippen molar-refractivity contribution >= 4 is 30.3 Å². The van der Waals surface area contributed by atoms with Crippen LogP contribution in [-0.4, -0.2) is 74.6 Å². The van der Waals surface area contributed by atoms with E-state index in [0.717, 1.165) is 18.4 Å². The van der Waals surface area contributed by atoms with Crippen LogP contribution in [0, 0.1) is 11.3 Å². The van der Waals surface area contributed by atoms with Crippen molar-refractivity contribution in [3.8, 4) is 6.07 Å². The van der Waals surface area contributed by atoms with Gasteiger partial charge in [-0.15, -0.1) is 9.05 Å². The third-order valence-corrected chi connectivity index (χ3v) is 11.9. The summed E-state index contributed by atoms with van der Waals surface area (Å²) in [7, 11) is -1.91. The van der Waals surface area contributed by atoms with Crippen LogP contribution in [0.2, 0.25) is 0 Å². The van der Waals surface area contributed by atoms with Gasteiger partial charge in [-0.1, -0.05) is 134 Å². The zero-order valence-corrected chi connectivity index (χ0v) is 33.4. The Morgan fingerprint density at radius 3 is 2.17 bits per heavy atom. The Morgan fingerprint density at radius 1 is 0.944 bits per heavy atom. The Balaban J connectivity index is 0.980. The number of benzene rings is 1. The van der Waals surface area contributed by atoms with Crippen molar-refractivity contribution in [2.45, 2.75) is 152 Å². The molecule has 1 aliphatic carbocycles. The van der Waals surface area contributed by atoms with Gasteiger partial charge in [0.25, 0.3) is 0 Å². The molecule has 2 aromatic heterocycles. The van der Waals surface area contributed by atoms with E-state index in [4.69, 9.17) is 40.8 Å². The van der Waals surface area contributed by atoms with Crippen molar-refractivity contribution in [3.63, 3.8) is 0 Å². The number of unbranched alkanes of at least 4 members (excludes halogenated alkanes) is 15. The highest BCUT2D eigenvalue weighted by Crippen LogP contribution is 2.61. The first-order valence-electron chi connectivity index (χ1n) is 19.9. The molecule has 3 heterocycles. The number of aromatic nitrogens is 3. The van der Waals surface area contributed by atoms with Gasteiger partial charge in [-0.2, -0.15) is 10.4 Å². The van der Waals surface area contributed by atoms with Gasteiger partial charge in [0.05, 0.1) is 18.9 Å². The fraction of sp³-hybridized carbons (Fsp3) is 0.675. The first-order chi connectivity index (χ1) is 26.3. The summed E-state index contributed by atoms with van der Waals surface area (Å²) in [5, 5.41) is 37.0. The molecule has 5 rings (SSSR count). The van der Waals surface area contributed by atoms with Gasteiger partial charge in [-0.25, -0.2) is 9.50 Å². The minimum absolute atomic E-state index is 0.125. The van der Waals surface area contributed by atoms with Gasteiger partial charge in [0.15, 0.2) is 17.5 Å². The maximum atomic E-state index is 11.4. The predicted octanol–water partition coefficient (Wildman–Crippen LogP) is 7.57. The highest BCUT2D eigenvalue weighted by Gasteiger charge is 2.84. The third-order valence-electron chi connectivity index (χ3n) is 10.6. The van der Waals surface area contributed by atoms with E-state index in [9.17, 15) is 15.5 Å². The Hall–Kier alpha value is -2.63. The van der Waals surface area contributed by atoms with Gasteiger partial charge in [0.1, 0.15) is 42.8 Å². The number of hydrogen-bond donors (Lipinski definition) is 3. The van der Waals surface area contributed by atoms with Crippen molar-refractivity contribution in [1.82, 2.24) is 14.6 Å². The number of anilines is 1. The summed E-state index contributed by atoms with van der Waals surface area (Å²) in [6, 6.07) is 15.1. The van der Waals surface area contributed by atoms with Crippen LogP contribution in [-0.2, 0) is 47.3 Å².